The second-order valence-corrected chi connectivity index (χ2v) is 4.91. The van der Waals surface area contributed by atoms with Crippen molar-refractivity contribution in [3.8, 4) is 5.75 Å². The van der Waals surface area contributed by atoms with E-state index in [4.69, 9.17) is 0 Å². The molecule has 0 saturated heterocycles. The molecule has 0 fully saturated rings. The third-order valence-corrected chi connectivity index (χ3v) is 3.09. The molecular weight excluding hydrogens is 325 g/mol. The lowest BCUT2D eigenvalue weighted by Gasteiger charge is -2.10. The van der Waals surface area contributed by atoms with E-state index in [2.05, 4.69) is 25.5 Å². The van der Waals surface area contributed by atoms with Crippen molar-refractivity contribution in [2.45, 2.75) is 6.18 Å². The zero-order chi connectivity index (χ0) is 17.2. The fourth-order valence-electron chi connectivity index (χ4n) is 1.98. The Kier molecular flexibility index (Phi) is 4.07. The number of benzene rings is 2. The van der Waals surface area contributed by atoms with Gasteiger partial charge in [-0.05, 0) is 42.5 Å². The molecule has 1 amide bonds. The summed E-state index contributed by atoms with van der Waals surface area (Å²) in [6.07, 6.45) is -4.40. The van der Waals surface area contributed by atoms with Gasteiger partial charge in [0.15, 0.2) is 6.61 Å². The number of fused-ring (bicyclic) bond motifs is 1. The number of rotatable bonds is 4. The Labute approximate surface area is 133 Å². The van der Waals surface area contributed by atoms with Crippen LogP contribution >= 0.6 is 0 Å². The molecule has 0 aliphatic rings. The quantitative estimate of drug-likeness (QED) is 0.767. The molecule has 9 heteroatoms. The van der Waals surface area contributed by atoms with Crippen LogP contribution in [-0.4, -0.2) is 34.1 Å². The lowest BCUT2D eigenvalue weighted by molar-refractivity contribution is -0.153. The van der Waals surface area contributed by atoms with Crippen LogP contribution in [0.3, 0.4) is 0 Å². The van der Waals surface area contributed by atoms with Gasteiger partial charge in [-0.25, -0.2) is 0 Å². The van der Waals surface area contributed by atoms with Gasteiger partial charge in [0, 0.05) is 11.3 Å². The number of carbonyl (C=O) groups is 1. The molecule has 6 nitrogen and oxygen atoms in total. The van der Waals surface area contributed by atoms with Gasteiger partial charge in [-0.15, -0.1) is 0 Å². The van der Waals surface area contributed by atoms with Gasteiger partial charge in [0.25, 0.3) is 5.91 Å². The van der Waals surface area contributed by atoms with E-state index in [9.17, 15) is 18.0 Å². The van der Waals surface area contributed by atoms with Gasteiger partial charge in [0.1, 0.15) is 16.8 Å². The zero-order valence-corrected chi connectivity index (χ0v) is 12.1. The van der Waals surface area contributed by atoms with Crippen molar-refractivity contribution in [1.29, 1.82) is 0 Å². The Morgan fingerprint density at radius 1 is 1.08 bits per heavy atom. The number of H-pyrrole nitrogens is 1. The lowest BCUT2D eigenvalue weighted by atomic mass is 10.2. The molecule has 2 N–H and O–H groups in total. The van der Waals surface area contributed by atoms with Crippen molar-refractivity contribution in [1.82, 2.24) is 15.4 Å². The predicted molar refractivity (Wildman–Crippen MR) is 79.8 cm³/mol. The molecule has 124 valence electrons. The van der Waals surface area contributed by atoms with Crippen molar-refractivity contribution in [3.05, 3.63) is 48.0 Å². The number of hydrogen-bond acceptors (Lipinski definition) is 4. The van der Waals surface area contributed by atoms with Gasteiger partial charge >= 0.3 is 6.18 Å². The summed E-state index contributed by atoms with van der Waals surface area (Å²) in [4.78, 5) is 12.2. The first-order chi connectivity index (χ1) is 11.4. The van der Waals surface area contributed by atoms with E-state index in [1.165, 1.54) is 24.3 Å². The highest BCUT2D eigenvalue weighted by Gasteiger charge is 2.28. The minimum atomic E-state index is -4.40. The standard InChI is InChI=1S/C15H11F3N4O2/c16-15(17,18)8-24-11-4-2-10(3-5-11)19-14(23)9-1-6-12-13(7-9)21-22-20-12/h1-7H,8H2,(H,19,23)(H,20,21,22). The number of alkyl halides is 3. The summed E-state index contributed by atoms with van der Waals surface area (Å²) in [5, 5.41) is 12.9. The van der Waals surface area contributed by atoms with E-state index < -0.39 is 12.8 Å². The van der Waals surface area contributed by atoms with Crippen molar-refractivity contribution in [2.75, 3.05) is 11.9 Å². The molecule has 0 spiro atoms. The van der Waals surface area contributed by atoms with E-state index in [1.54, 1.807) is 18.2 Å². The summed E-state index contributed by atoms with van der Waals surface area (Å²) in [6.45, 7) is -1.36. The summed E-state index contributed by atoms with van der Waals surface area (Å²) in [5.41, 5.74) is 2.00. The Morgan fingerprint density at radius 3 is 2.50 bits per heavy atom. The van der Waals surface area contributed by atoms with Gasteiger partial charge < -0.3 is 10.1 Å². The largest absolute Gasteiger partial charge is 0.484 e. The SMILES string of the molecule is O=C(Nc1ccc(OCC(F)(F)F)cc1)c1ccc2n[nH]nc2c1. The predicted octanol–water partition coefficient (Wildman–Crippen LogP) is 3.15. The number of nitrogens with one attached hydrogen (secondary N) is 2. The maximum atomic E-state index is 12.2. The van der Waals surface area contributed by atoms with Crippen LogP contribution in [0.1, 0.15) is 10.4 Å². The minimum Gasteiger partial charge on any atom is -0.484 e. The van der Waals surface area contributed by atoms with Crippen LogP contribution in [0.4, 0.5) is 18.9 Å². The van der Waals surface area contributed by atoms with E-state index in [0.29, 0.717) is 22.3 Å². The number of amides is 1. The molecule has 0 saturated carbocycles. The maximum Gasteiger partial charge on any atom is 0.422 e. The molecule has 1 aromatic heterocycles. The maximum absolute atomic E-state index is 12.2. The average molecular weight is 336 g/mol. The van der Waals surface area contributed by atoms with Gasteiger partial charge in [-0.2, -0.15) is 28.6 Å². The Morgan fingerprint density at radius 2 is 1.79 bits per heavy atom. The summed E-state index contributed by atoms with van der Waals surface area (Å²) in [5.74, 6) is -0.307. The second kappa shape index (κ2) is 6.19. The number of aromatic nitrogens is 3. The van der Waals surface area contributed by atoms with Gasteiger partial charge in [0.05, 0.1) is 0 Å². The molecule has 24 heavy (non-hydrogen) atoms. The highest BCUT2D eigenvalue weighted by atomic mass is 19.4. The van der Waals surface area contributed by atoms with Crippen LogP contribution in [0.5, 0.6) is 5.75 Å². The highest BCUT2D eigenvalue weighted by Crippen LogP contribution is 2.21. The molecule has 3 aromatic rings. The van der Waals surface area contributed by atoms with E-state index >= 15 is 0 Å². The van der Waals surface area contributed by atoms with E-state index in [1.807, 2.05) is 0 Å². The molecule has 2 aromatic carbocycles. The molecule has 0 aliphatic carbocycles. The van der Waals surface area contributed by atoms with Crippen LogP contribution in [0, 0.1) is 0 Å². The zero-order valence-electron chi connectivity index (χ0n) is 12.1. The number of ether oxygens (including phenoxy) is 1. The van der Waals surface area contributed by atoms with Gasteiger partial charge in [0.2, 0.25) is 0 Å². The van der Waals surface area contributed by atoms with Gasteiger partial charge in [-0.3, -0.25) is 4.79 Å². The highest BCUT2D eigenvalue weighted by molar-refractivity contribution is 6.05. The smallest absolute Gasteiger partial charge is 0.422 e. The van der Waals surface area contributed by atoms with Crippen LogP contribution < -0.4 is 10.1 Å². The summed E-state index contributed by atoms with van der Waals surface area (Å²) >= 11 is 0. The molecule has 0 unspecified atom stereocenters. The molecule has 0 bridgehead atoms. The summed E-state index contributed by atoms with van der Waals surface area (Å²) < 4.78 is 40.8. The third-order valence-electron chi connectivity index (χ3n) is 3.09. The minimum absolute atomic E-state index is 0.0642. The Hall–Kier alpha value is -3.10. The number of nitrogens with zero attached hydrogens (tertiary/aromatic N) is 2. The number of hydrogen-bond donors (Lipinski definition) is 2. The summed E-state index contributed by atoms with van der Waals surface area (Å²) in [6, 6.07) is 10.4. The van der Waals surface area contributed by atoms with Crippen LogP contribution in [0.2, 0.25) is 0 Å². The van der Waals surface area contributed by atoms with Crippen molar-refractivity contribution in [2.24, 2.45) is 0 Å². The number of halogens is 3. The van der Waals surface area contributed by atoms with E-state index in [-0.39, 0.29) is 11.7 Å². The van der Waals surface area contributed by atoms with Crippen molar-refractivity contribution in [3.63, 3.8) is 0 Å². The first-order valence-electron chi connectivity index (χ1n) is 6.82. The van der Waals surface area contributed by atoms with Crippen LogP contribution in [0.15, 0.2) is 42.5 Å². The van der Waals surface area contributed by atoms with Crippen molar-refractivity contribution < 1.29 is 22.7 Å². The topological polar surface area (TPSA) is 79.9 Å². The first-order valence-corrected chi connectivity index (χ1v) is 6.82. The Bertz CT molecular complexity index is 859. The number of anilines is 1. The normalized spacial score (nSPS) is 11.5. The monoisotopic (exact) mass is 336 g/mol. The van der Waals surface area contributed by atoms with Crippen LogP contribution in [0.25, 0.3) is 11.0 Å². The average Bonchev–Trinajstić information content (AvgIpc) is 3.01. The molecule has 3 rings (SSSR count). The summed E-state index contributed by atoms with van der Waals surface area (Å²) in [7, 11) is 0. The second-order valence-electron chi connectivity index (χ2n) is 4.91. The van der Waals surface area contributed by atoms with Gasteiger partial charge in [-0.1, -0.05) is 0 Å². The number of aromatic amines is 1. The number of carbonyl (C=O) groups excluding carboxylic acids is 1. The fraction of sp³-hybridized carbons (Fsp3) is 0.133. The lowest BCUT2D eigenvalue weighted by Crippen LogP contribution is -2.19. The van der Waals surface area contributed by atoms with E-state index in [0.717, 1.165) is 0 Å². The third kappa shape index (κ3) is 3.80. The Balaban J connectivity index is 1.65. The molecule has 0 atom stereocenters. The van der Waals surface area contributed by atoms with Crippen LogP contribution in [-0.2, 0) is 0 Å². The molecule has 0 aliphatic heterocycles. The van der Waals surface area contributed by atoms with Crippen molar-refractivity contribution >= 4 is 22.6 Å². The molecule has 1 heterocycles. The molecule has 0 radical (unpaired) electrons. The first kappa shape index (κ1) is 15.8. The fourth-order valence-corrected chi connectivity index (χ4v) is 1.98. The molecular formula is C15H11F3N4O2.